The first-order valence-electron chi connectivity index (χ1n) is 7.16. The summed E-state index contributed by atoms with van der Waals surface area (Å²) in [7, 11) is 0. The fraction of sp³-hybridized carbons (Fsp3) is 0.438. The standard InChI is InChI=1S/C16H19NO3S/c1-10-11(2)21-6-5-17(10)9-12-3-4-14-13(7-12)8-15(20-14)16(18)19/h3-4,7-8,10-11H,5-6,9H2,1-2H3,(H,18,19). The van der Waals surface area contributed by atoms with E-state index in [1.807, 2.05) is 30.0 Å². The zero-order valence-electron chi connectivity index (χ0n) is 12.2. The zero-order chi connectivity index (χ0) is 15.0. The molecule has 1 aromatic carbocycles. The van der Waals surface area contributed by atoms with Gasteiger partial charge in [0.25, 0.3) is 0 Å². The van der Waals surface area contributed by atoms with Crippen molar-refractivity contribution in [3.63, 3.8) is 0 Å². The first-order valence-corrected chi connectivity index (χ1v) is 8.21. The largest absolute Gasteiger partial charge is 0.475 e. The summed E-state index contributed by atoms with van der Waals surface area (Å²) in [5.41, 5.74) is 1.83. The van der Waals surface area contributed by atoms with E-state index >= 15 is 0 Å². The molecule has 0 radical (unpaired) electrons. The van der Waals surface area contributed by atoms with E-state index in [0.717, 1.165) is 18.5 Å². The van der Waals surface area contributed by atoms with Crippen LogP contribution in [0.1, 0.15) is 30.0 Å². The number of aromatic carboxylic acids is 1. The minimum Gasteiger partial charge on any atom is -0.475 e. The number of furan rings is 1. The van der Waals surface area contributed by atoms with Crippen LogP contribution in [-0.4, -0.2) is 39.6 Å². The molecule has 2 aromatic rings. The third-order valence-electron chi connectivity index (χ3n) is 4.19. The molecule has 2 heterocycles. The van der Waals surface area contributed by atoms with Gasteiger partial charge in [0.1, 0.15) is 5.58 Å². The highest BCUT2D eigenvalue weighted by atomic mass is 32.2. The average molecular weight is 305 g/mol. The van der Waals surface area contributed by atoms with Gasteiger partial charge in [-0.2, -0.15) is 11.8 Å². The Balaban J connectivity index is 1.82. The van der Waals surface area contributed by atoms with E-state index in [-0.39, 0.29) is 5.76 Å². The van der Waals surface area contributed by atoms with E-state index in [4.69, 9.17) is 9.52 Å². The highest BCUT2D eigenvalue weighted by molar-refractivity contribution is 8.00. The molecular formula is C16H19NO3S. The number of rotatable bonds is 3. The van der Waals surface area contributed by atoms with E-state index < -0.39 is 5.97 Å². The third kappa shape index (κ3) is 2.94. The number of carboxylic acids is 1. The second-order valence-electron chi connectivity index (χ2n) is 5.57. The molecule has 0 aliphatic carbocycles. The minimum atomic E-state index is -1.02. The van der Waals surface area contributed by atoms with E-state index in [1.54, 1.807) is 6.07 Å². The summed E-state index contributed by atoms with van der Waals surface area (Å²) >= 11 is 2.03. The summed E-state index contributed by atoms with van der Waals surface area (Å²) in [6.07, 6.45) is 0. The molecule has 21 heavy (non-hydrogen) atoms. The van der Waals surface area contributed by atoms with Crippen molar-refractivity contribution in [3.05, 3.63) is 35.6 Å². The molecule has 2 atom stereocenters. The first kappa shape index (κ1) is 14.5. The van der Waals surface area contributed by atoms with Crippen molar-refractivity contribution in [3.8, 4) is 0 Å². The van der Waals surface area contributed by atoms with Crippen LogP contribution in [0.2, 0.25) is 0 Å². The zero-order valence-corrected chi connectivity index (χ0v) is 13.0. The predicted molar refractivity (Wildman–Crippen MR) is 85.0 cm³/mol. The summed E-state index contributed by atoms with van der Waals surface area (Å²) in [5, 5.41) is 10.5. The highest BCUT2D eigenvalue weighted by Gasteiger charge is 2.25. The molecule has 0 spiro atoms. The van der Waals surface area contributed by atoms with Gasteiger partial charge in [-0.1, -0.05) is 13.0 Å². The van der Waals surface area contributed by atoms with Crippen molar-refractivity contribution in [2.45, 2.75) is 31.7 Å². The first-order chi connectivity index (χ1) is 10.0. The van der Waals surface area contributed by atoms with Gasteiger partial charge in [-0.25, -0.2) is 4.79 Å². The number of carbonyl (C=O) groups is 1. The smallest absolute Gasteiger partial charge is 0.371 e. The molecule has 0 saturated carbocycles. The molecule has 2 unspecified atom stereocenters. The van der Waals surface area contributed by atoms with Crippen LogP contribution in [0.15, 0.2) is 28.7 Å². The Kier molecular flexibility index (Phi) is 3.95. The van der Waals surface area contributed by atoms with Crippen LogP contribution in [0, 0.1) is 0 Å². The normalized spacial score (nSPS) is 23.5. The summed E-state index contributed by atoms with van der Waals surface area (Å²) in [6, 6.07) is 8.07. The topological polar surface area (TPSA) is 53.7 Å². The van der Waals surface area contributed by atoms with Gasteiger partial charge in [-0.05, 0) is 30.7 Å². The van der Waals surface area contributed by atoms with Gasteiger partial charge in [-0.3, -0.25) is 4.90 Å². The van der Waals surface area contributed by atoms with Crippen LogP contribution >= 0.6 is 11.8 Å². The van der Waals surface area contributed by atoms with Crippen molar-refractivity contribution in [2.24, 2.45) is 0 Å². The number of benzene rings is 1. The van der Waals surface area contributed by atoms with E-state index in [0.29, 0.717) is 16.9 Å². The van der Waals surface area contributed by atoms with Crippen molar-refractivity contribution < 1.29 is 14.3 Å². The van der Waals surface area contributed by atoms with Gasteiger partial charge in [-0.15, -0.1) is 0 Å². The Morgan fingerprint density at radius 2 is 2.24 bits per heavy atom. The van der Waals surface area contributed by atoms with Gasteiger partial charge in [0.15, 0.2) is 0 Å². The number of thioether (sulfide) groups is 1. The molecule has 5 heteroatoms. The molecular weight excluding hydrogens is 286 g/mol. The molecule has 112 valence electrons. The Labute approximate surface area is 128 Å². The summed E-state index contributed by atoms with van der Waals surface area (Å²) < 4.78 is 5.30. The summed E-state index contributed by atoms with van der Waals surface area (Å²) in [4.78, 5) is 13.4. The lowest BCUT2D eigenvalue weighted by molar-refractivity contribution is 0.0665. The lowest BCUT2D eigenvalue weighted by Crippen LogP contribution is -2.43. The maximum absolute atomic E-state index is 10.9. The van der Waals surface area contributed by atoms with Crippen LogP contribution in [-0.2, 0) is 6.54 Å². The molecule has 1 aliphatic rings. The number of fused-ring (bicyclic) bond motifs is 1. The number of nitrogens with zero attached hydrogens (tertiary/aromatic N) is 1. The van der Waals surface area contributed by atoms with Gasteiger partial charge in [0, 0.05) is 35.5 Å². The molecule has 1 aliphatic heterocycles. The molecule has 1 fully saturated rings. The van der Waals surface area contributed by atoms with Crippen LogP contribution in [0.5, 0.6) is 0 Å². The molecule has 1 N–H and O–H groups in total. The second-order valence-corrected chi connectivity index (χ2v) is 7.06. The third-order valence-corrected chi connectivity index (χ3v) is 5.53. The Hall–Kier alpha value is -1.46. The van der Waals surface area contributed by atoms with Crippen molar-refractivity contribution >= 4 is 28.7 Å². The number of hydrogen-bond donors (Lipinski definition) is 1. The fourth-order valence-electron chi connectivity index (χ4n) is 2.75. The predicted octanol–water partition coefficient (Wildman–Crippen LogP) is 3.46. The van der Waals surface area contributed by atoms with E-state index in [1.165, 1.54) is 11.3 Å². The van der Waals surface area contributed by atoms with Crippen LogP contribution in [0.25, 0.3) is 11.0 Å². The Bertz CT molecular complexity index is 667. The monoisotopic (exact) mass is 305 g/mol. The Morgan fingerprint density at radius 1 is 1.43 bits per heavy atom. The molecule has 3 rings (SSSR count). The van der Waals surface area contributed by atoms with Crippen LogP contribution < -0.4 is 0 Å². The number of carboxylic acid groups (broad SMARTS) is 1. The van der Waals surface area contributed by atoms with E-state index in [2.05, 4.69) is 18.7 Å². The van der Waals surface area contributed by atoms with Gasteiger partial charge in [0.05, 0.1) is 0 Å². The van der Waals surface area contributed by atoms with Gasteiger partial charge >= 0.3 is 5.97 Å². The van der Waals surface area contributed by atoms with Crippen LogP contribution in [0.3, 0.4) is 0 Å². The SMILES string of the molecule is CC1SCCN(Cc2ccc3oc(C(=O)O)cc3c2)C1C. The van der Waals surface area contributed by atoms with Crippen molar-refractivity contribution in [2.75, 3.05) is 12.3 Å². The fourth-order valence-corrected chi connectivity index (χ4v) is 3.91. The lowest BCUT2D eigenvalue weighted by Gasteiger charge is -2.37. The molecule has 1 saturated heterocycles. The Morgan fingerprint density at radius 3 is 3.00 bits per heavy atom. The van der Waals surface area contributed by atoms with Crippen molar-refractivity contribution in [1.29, 1.82) is 0 Å². The summed E-state index contributed by atoms with van der Waals surface area (Å²) in [6.45, 7) is 6.55. The maximum atomic E-state index is 10.9. The van der Waals surface area contributed by atoms with Crippen molar-refractivity contribution in [1.82, 2.24) is 4.90 Å². The van der Waals surface area contributed by atoms with Gasteiger partial charge < -0.3 is 9.52 Å². The maximum Gasteiger partial charge on any atom is 0.371 e. The van der Waals surface area contributed by atoms with Gasteiger partial charge in [0.2, 0.25) is 5.76 Å². The summed E-state index contributed by atoms with van der Waals surface area (Å²) in [5.74, 6) is 0.143. The molecule has 0 bridgehead atoms. The minimum absolute atomic E-state index is 0.00138. The number of hydrogen-bond acceptors (Lipinski definition) is 4. The lowest BCUT2D eigenvalue weighted by atomic mass is 10.1. The molecule has 4 nitrogen and oxygen atoms in total. The quantitative estimate of drug-likeness (QED) is 0.941. The molecule has 1 aromatic heterocycles. The average Bonchev–Trinajstić information content (AvgIpc) is 2.87. The van der Waals surface area contributed by atoms with E-state index in [9.17, 15) is 4.79 Å². The highest BCUT2D eigenvalue weighted by Crippen LogP contribution is 2.27. The second kappa shape index (κ2) is 5.73. The molecule has 0 amide bonds. The van der Waals surface area contributed by atoms with Crippen LogP contribution in [0.4, 0.5) is 0 Å².